The van der Waals surface area contributed by atoms with Crippen molar-refractivity contribution in [2.45, 2.75) is 88.5 Å². The molecule has 0 aromatic rings. The molecule has 0 spiro atoms. The maximum absolute atomic E-state index is 10.2. The first-order valence-corrected chi connectivity index (χ1v) is 8.43. The van der Waals surface area contributed by atoms with Crippen LogP contribution in [0.2, 0.25) is 0 Å². The van der Waals surface area contributed by atoms with Crippen molar-refractivity contribution in [1.29, 1.82) is 5.53 Å². The number of unbranched alkanes of at least 4 members (excludes halogenated alkanes) is 5. The Hall–Kier alpha value is -0.890. The summed E-state index contributed by atoms with van der Waals surface area (Å²) in [6, 6.07) is 0. The fourth-order valence-corrected chi connectivity index (χ4v) is 2.89. The molecule has 8 heteroatoms. The van der Waals surface area contributed by atoms with Crippen molar-refractivity contribution in [3.8, 4) is 0 Å². The van der Waals surface area contributed by atoms with Gasteiger partial charge in [0.2, 0.25) is 4.91 Å². The molecule has 3 unspecified atom stereocenters. The number of ether oxygens (including phenoxy) is 1. The van der Waals surface area contributed by atoms with Crippen LogP contribution in [0.4, 0.5) is 0 Å². The van der Waals surface area contributed by atoms with Gasteiger partial charge in [0, 0.05) is 0 Å². The highest BCUT2D eigenvalue weighted by Crippen LogP contribution is 2.28. The lowest BCUT2D eigenvalue weighted by molar-refractivity contribution is -0.0957. The molecule has 0 aliphatic carbocycles. The molecule has 1 rings (SSSR count). The minimum absolute atomic E-state index is 0.196. The van der Waals surface area contributed by atoms with E-state index in [0.717, 1.165) is 19.3 Å². The monoisotopic (exact) mass is 332 g/mol. The van der Waals surface area contributed by atoms with E-state index in [1.165, 1.54) is 19.3 Å². The van der Waals surface area contributed by atoms with Gasteiger partial charge in [-0.2, -0.15) is 0 Å². The second-order valence-corrected chi connectivity index (χ2v) is 6.16. The zero-order valence-electron chi connectivity index (χ0n) is 13.7. The Morgan fingerprint density at radius 3 is 2.17 bits per heavy atom. The van der Waals surface area contributed by atoms with Crippen LogP contribution in [0.25, 0.3) is 0 Å². The van der Waals surface area contributed by atoms with Gasteiger partial charge in [0.25, 0.3) is 0 Å². The third kappa shape index (κ3) is 6.25. The summed E-state index contributed by atoms with van der Waals surface area (Å²) in [5, 5.41) is 43.3. The average Bonchev–Trinajstić information content (AvgIpc) is 2.84. The minimum atomic E-state index is -1.30. The van der Waals surface area contributed by atoms with Gasteiger partial charge in [-0.3, -0.25) is 0 Å². The third-order valence-corrected chi connectivity index (χ3v) is 4.29. The van der Waals surface area contributed by atoms with Crippen LogP contribution in [0, 0.1) is 5.53 Å². The minimum Gasteiger partial charge on any atom is -0.390 e. The fraction of sp³-hybridized carbons (Fsp3) is 1.00. The Labute approximate surface area is 136 Å². The lowest BCUT2D eigenvalue weighted by Gasteiger charge is -2.21. The number of hydrogen-bond donors (Lipinski definition) is 5. The average molecular weight is 332 g/mol. The van der Waals surface area contributed by atoms with Crippen molar-refractivity contribution in [3.05, 3.63) is 0 Å². The molecule has 5 N–H and O–H groups in total. The fourth-order valence-electron chi connectivity index (χ4n) is 2.89. The van der Waals surface area contributed by atoms with E-state index in [2.05, 4.69) is 16.9 Å². The van der Waals surface area contributed by atoms with E-state index in [1.807, 2.05) is 0 Å². The van der Waals surface area contributed by atoms with Gasteiger partial charge in [-0.05, 0) is 6.42 Å². The van der Waals surface area contributed by atoms with Crippen molar-refractivity contribution < 1.29 is 25.2 Å². The van der Waals surface area contributed by atoms with Gasteiger partial charge >= 0.3 is 0 Å². The summed E-state index contributed by atoms with van der Waals surface area (Å²) in [7, 11) is 0. The maximum Gasteiger partial charge on any atom is 0.214 e. The van der Waals surface area contributed by atoms with Gasteiger partial charge in [-0.1, -0.05) is 45.4 Å². The summed E-state index contributed by atoms with van der Waals surface area (Å²) in [6.07, 6.45) is 0.452. The molecule has 0 aromatic heterocycles. The van der Waals surface area contributed by atoms with Crippen molar-refractivity contribution in [3.63, 3.8) is 0 Å². The molecule has 0 bridgehead atoms. The van der Waals surface area contributed by atoms with Crippen LogP contribution in [0.5, 0.6) is 0 Å². The lowest BCUT2D eigenvalue weighted by atomic mass is 9.98. The Morgan fingerprint density at radius 2 is 1.57 bits per heavy atom. The Balaban J connectivity index is 2.39. The van der Waals surface area contributed by atoms with Crippen molar-refractivity contribution in [1.82, 2.24) is 4.91 Å². The molecule has 0 aromatic carbocycles. The second-order valence-electron chi connectivity index (χ2n) is 6.16. The van der Waals surface area contributed by atoms with E-state index in [-0.39, 0.29) is 6.54 Å². The first kappa shape index (κ1) is 20.2. The first-order valence-electron chi connectivity index (χ1n) is 8.43. The van der Waals surface area contributed by atoms with E-state index in [4.69, 9.17) is 10.3 Å². The molecule has 23 heavy (non-hydrogen) atoms. The number of aliphatic hydroxyl groups is 4. The highest BCUT2D eigenvalue weighted by Gasteiger charge is 2.48. The number of nitrogens with one attached hydrogen (secondary N) is 1. The first-order chi connectivity index (χ1) is 11.0. The number of nitrogens with zero attached hydrogens (tertiary/aromatic N) is 2. The van der Waals surface area contributed by atoms with Gasteiger partial charge in [-0.25, -0.2) is 0 Å². The van der Waals surface area contributed by atoms with Crippen LogP contribution in [0.3, 0.4) is 0 Å². The number of rotatable bonds is 11. The second kappa shape index (κ2) is 10.8. The van der Waals surface area contributed by atoms with Crippen LogP contribution in [0.1, 0.15) is 51.9 Å². The highest BCUT2D eigenvalue weighted by molar-refractivity contribution is 4.96. The normalized spacial score (nSPS) is 30.0. The zero-order valence-corrected chi connectivity index (χ0v) is 13.7. The van der Waals surface area contributed by atoms with Crippen molar-refractivity contribution in [2.24, 2.45) is 5.11 Å². The topological polar surface area (TPSA) is 140 Å². The standard InChI is InChI=1S/C15H30N3O5/c1-2-3-4-5-6-7-8-10(19)14-12(21)13(22)15(23-14)11(20)9-17-18-16/h10-16,19-22H,2-9H2,1H3/q+1/t10?,11-,12?,13?,14+,15-/m1/s1. The van der Waals surface area contributed by atoms with Gasteiger partial charge < -0.3 is 25.2 Å². The number of hydrogen-bond acceptors (Lipinski definition) is 7. The van der Waals surface area contributed by atoms with Crippen LogP contribution < -0.4 is 4.91 Å². The van der Waals surface area contributed by atoms with Gasteiger partial charge in [0.05, 0.1) is 6.10 Å². The molecule has 8 nitrogen and oxygen atoms in total. The van der Waals surface area contributed by atoms with Crippen LogP contribution in [0.15, 0.2) is 5.11 Å². The summed E-state index contributed by atoms with van der Waals surface area (Å²) in [5.74, 6) is 0. The molecule has 0 saturated carbocycles. The molecule has 1 saturated heterocycles. The van der Waals surface area contributed by atoms with Gasteiger partial charge in [-0.15, -0.1) is 0 Å². The molecule has 0 amide bonds. The van der Waals surface area contributed by atoms with E-state index in [9.17, 15) is 20.4 Å². The molecule has 1 aliphatic rings. The largest absolute Gasteiger partial charge is 0.390 e. The highest BCUT2D eigenvalue weighted by atomic mass is 16.6. The van der Waals surface area contributed by atoms with E-state index in [1.54, 1.807) is 0 Å². The van der Waals surface area contributed by atoms with E-state index < -0.39 is 36.6 Å². The van der Waals surface area contributed by atoms with Crippen molar-refractivity contribution in [2.75, 3.05) is 6.54 Å². The molecular weight excluding hydrogens is 302 g/mol. The van der Waals surface area contributed by atoms with Crippen molar-refractivity contribution >= 4 is 0 Å². The Kier molecular flexibility index (Phi) is 9.47. The molecule has 134 valence electrons. The molecule has 1 heterocycles. The SMILES string of the molecule is CCCCCCCCC(O)[C@@H]1O[C@H]([C@H](O)CN=[N+]=N)C(O)C1O. The summed E-state index contributed by atoms with van der Waals surface area (Å²) in [4.78, 5) is 2.78. The predicted molar refractivity (Wildman–Crippen MR) is 82.8 cm³/mol. The summed E-state index contributed by atoms with van der Waals surface area (Å²) in [5.41, 5.74) is 6.56. The molecular formula is C15H30N3O5+. The lowest BCUT2D eigenvalue weighted by Crippen LogP contribution is -2.41. The van der Waals surface area contributed by atoms with Crippen LogP contribution in [-0.4, -0.2) is 63.6 Å². The van der Waals surface area contributed by atoms with E-state index >= 15 is 0 Å². The smallest absolute Gasteiger partial charge is 0.214 e. The summed E-state index contributed by atoms with van der Waals surface area (Å²) < 4.78 is 5.44. The maximum atomic E-state index is 10.2. The molecule has 6 atom stereocenters. The summed E-state index contributed by atoms with van der Waals surface area (Å²) in [6.45, 7) is 1.96. The quantitative estimate of drug-likeness (QED) is 0.213. The van der Waals surface area contributed by atoms with Gasteiger partial charge in [0.1, 0.15) is 41.2 Å². The Morgan fingerprint density at radius 1 is 1.00 bits per heavy atom. The summed E-state index contributed by atoms with van der Waals surface area (Å²) >= 11 is 0. The Bertz CT molecular complexity index is 378. The van der Waals surface area contributed by atoms with E-state index in [0.29, 0.717) is 6.42 Å². The third-order valence-electron chi connectivity index (χ3n) is 4.29. The van der Waals surface area contributed by atoms with Crippen LogP contribution >= 0.6 is 0 Å². The number of aliphatic hydroxyl groups excluding tert-OH is 4. The predicted octanol–water partition coefficient (Wildman–Crippen LogP) is 0.498. The van der Waals surface area contributed by atoms with Crippen LogP contribution in [-0.2, 0) is 4.74 Å². The van der Waals surface area contributed by atoms with Gasteiger partial charge in [0.15, 0.2) is 6.54 Å². The zero-order chi connectivity index (χ0) is 17.2. The molecule has 0 radical (unpaired) electrons. The molecule has 1 aliphatic heterocycles. The molecule has 1 fully saturated rings.